The number of carbonyl (C=O) groups excluding carboxylic acids is 2. The Hall–Kier alpha value is -3.19. The van der Waals surface area contributed by atoms with Crippen LogP contribution < -0.4 is 5.32 Å². The average molecular weight is 438 g/mol. The van der Waals surface area contributed by atoms with Gasteiger partial charge in [-0.1, -0.05) is 23.7 Å². The molecule has 31 heavy (non-hydrogen) atoms. The van der Waals surface area contributed by atoms with Crippen LogP contribution >= 0.6 is 11.6 Å². The van der Waals surface area contributed by atoms with Crippen molar-refractivity contribution in [3.05, 3.63) is 77.3 Å². The van der Waals surface area contributed by atoms with Gasteiger partial charge in [0, 0.05) is 23.7 Å². The van der Waals surface area contributed by atoms with Crippen molar-refractivity contribution in [2.75, 3.05) is 13.1 Å². The second kappa shape index (κ2) is 9.31. The maximum Gasteiger partial charge on any atom is 0.253 e. The van der Waals surface area contributed by atoms with Crippen molar-refractivity contribution in [1.29, 1.82) is 0 Å². The van der Waals surface area contributed by atoms with E-state index in [1.54, 1.807) is 40.2 Å². The fourth-order valence-electron chi connectivity index (χ4n) is 3.82. The molecular formula is C23H24ClN5O2. The summed E-state index contributed by atoms with van der Waals surface area (Å²) in [5.41, 5.74) is 2.50. The Bertz CT molecular complexity index is 1030. The quantitative estimate of drug-likeness (QED) is 0.660. The van der Waals surface area contributed by atoms with Crippen molar-refractivity contribution >= 4 is 23.4 Å². The van der Waals surface area contributed by atoms with E-state index in [2.05, 4.69) is 15.4 Å². The summed E-state index contributed by atoms with van der Waals surface area (Å²) in [5.74, 6) is -0.311. The fourth-order valence-corrected chi connectivity index (χ4v) is 3.95. The van der Waals surface area contributed by atoms with Crippen molar-refractivity contribution in [3.63, 3.8) is 0 Å². The molecule has 1 saturated heterocycles. The first kappa shape index (κ1) is 21.1. The maximum atomic E-state index is 12.9. The Labute approximate surface area is 186 Å². The maximum absolute atomic E-state index is 12.9. The van der Waals surface area contributed by atoms with Gasteiger partial charge >= 0.3 is 0 Å². The predicted molar refractivity (Wildman–Crippen MR) is 118 cm³/mol. The number of carbonyl (C=O) groups is 2. The Balaban J connectivity index is 1.36. The molecule has 7 nitrogen and oxygen atoms in total. The third-order valence-corrected chi connectivity index (χ3v) is 5.86. The lowest BCUT2D eigenvalue weighted by molar-refractivity contribution is -0.127. The zero-order valence-corrected chi connectivity index (χ0v) is 18.0. The molecule has 0 unspecified atom stereocenters. The largest absolute Gasteiger partial charge is 0.349 e. The lowest BCUT2D eigenvalue weighted by Gasteiger charge is -2.32. The Morgan fingerprint density at radius 1 is 1.13 bits per heavy atom. The topological polar surface area (TPSA) is 80.1 Å². The number of aromatic nitrogens is 3. The van der Waals surface area contributed by atoms with Gasteiger partial charge in [-0.2, -0.15) is 5.10 Å². The first-order valence-electron chi connectivity index (χ1n) is 10.3. The van der Waals surface area contributed by atoms with Gasteiger partial charge in [0.2, 0.25) is 5.91 Å². The predicted octanol–water partition coefficient (Wildman–Crippen LogP) is 3.65. The lowest BCUT2D eigenvalue weighted by Crippen LogP contribution is -2.45. The molecule has 2 aromatic carbocycles. The van der Waals surface area contributed by atoms with Crippen LogP contribution in [0.3, 0.4) is 0 Å². The van der Waals surface area contributed by atoms with Crippen molar-refractivity contribution in [1.82, 2.24) is 25.0 Å². The van der Waals surface area contributed by atoms with Crippen LogP contribution in [0.2, 0.25) is 5.02 Å². The second-order valence-corrected chi connectivity index (χ2v) is 8.20. The van der Waals surface area contributed by atoms with Gasteiger partial charge in [0.05, 0.1) is 17.6 Å². The van der Waals surface area contributed by atoms with Crippen LogP contribution in [0.4, 0.5) is 0 Å². The number of hydrogen-bond donors (Lipinski definition) is 1. The van der Waals surface area contributed by atoms with Crippen LogP contribution in [0.1, 0.15) is 41.7 Å². The summed E-state index contributed by atoms with van der Waals surface area (Å²) in [6, 6.07) is 14.5. The number of hydrogen-bond acceptors (Lipinski definition) is 4. The van der Waals surface area contributed by atoms with E-state index in [1.165, 1.54) is 6.33 Å². The molecule has 1 aromatic heterocycles. The monoisotopic (exact) mass is 437 g/mol. The van der Waals surface area contributed by atoms with E-state index in [1.807, 2.05) is 31.2 Å². The van der Waals surface area contributed by atoms with Gasteiger partial charge < -0.3 is 10.2 Å². The molecule has 0 aliphatic carbocycles. The fraction of sp³-hybridized carbons (Fsp3) is 0.304. The first-order chi connectivity index (χ1) is 15.0. The lowest BCUT2D eigenvalue weighted by atomic mass is 9.95. The summed E-state index contributed by atoms with van der Waals surface area (Å²) in [6.07, 6.45) is 4.70. The third-order valence-electron chi connectivity index (χ3n) is 5.61. The molecule has 0 spiro atoms. The molecule has 8 heteroatoms. The van der Waals surface area contributed by atoms with E-state index in [-0.39, 0.29) is 23.8 Å². The van der Waals surface area contributed by atoms with Crippen molar-refractivity contribution in [2.24, 2.45) is 5.92 Å². The molecule has 1 aliphatic rings. The highest BCUT2D eigenvalue weighted by Crippen LogP contribution is 2.22. The van der Waals surface area contributed by atoms with Crippen molar-refractivity contribution in [3.8, 4) is 5.69 Å². The van der Waals surface area contributed by atoms with E-state index in [4.69, 9.17) is 11.6 Å². The SMILES string of the molecule is C[C@H](NC(=O)[C@@H]1CCCN(C(=O)c2ccc(Cl)cc2)C1)c1ccc(-n2cncn2)cc1. The number of nitrogens with zero attached hydrogens (tertiary/aromatic N) is 4. The molecule has 0 bridgehead atoms. The normalized spacial score (nSPS) is 17.2. The zero-order valence-electron chi connectivity index (χ0n) is 17.2. The highest BCUT2D eigenvalue weighted by Gasteiger charge is 2.29. The molecule has 0 radical (unpaired) electrons. The number of nitrogens with one attached hydrogen (secondary N) is 1. The molecule has 2 heterocycles. The summed E-state index contributed by atoms with van der Waals surface area (Å²) in [7, 11) is 0. The number of benzene rings is 2. The highest BCUT2D eigenvalue weighted by molar-refractivity contribution is 6.30. The van der Waals surface area contributed by atoms with Gasteiger partial charge in [-0.25, -0.2) is 9.67 Å². The van der Waals surface area contributed by atoms with Gasteiger partial charge in [0.15, 0.2) is 0 Å². The van der Waals surface area contributed by atoms with E-state index in [0.717, 1.165) is 24.1 Å². The number of piperidine rings is 1. The van der Waals surface area contributed by atoms with E-state index in [9.17, 15) is 9.59 Å². The van der Waals surface area contributed by atoms with Gasteiger partial charge in [0.25, 0.3) is 5.91 Å². The standard InChI is InChI=1S/C23H24ClN5O2/c1-16(17-6-10-21(11-7-17)29-15-25-14-26-29)27-22(30)19-3-2-12-28(13-19)23(31)18-4-8-20(24)9-5-18/h4-11,14-16,19H,2-3,12-13H2,1H3,(H,27,30)/t16-,19+/m0/s1. The molecular weight excluding hydrogens is 414 g/mol. The summed E-state index contributed by atoms with van der Waals surface area (Å²) in [6.45, 7) is 3.04. The molecule has 160 valence electrons. The van der Waals surface area contributed by atoms with Crippen LogP contribution in [-0.4, -0.2) is 44.6 Å². The molecule has 1 fully saturated rings. The summed E-state index contributed by atoms with van der Waals surface area (Å²) in [4.78, 5) is 31.4. The van der Waals surface area contributed by atoms with Crippen LogP contribution in [0.25, 0.3) is 5.69 Å². The highest BCUT2D eigenvalue weighted by atomic mass is 35.5. The van der Waals surface area contributed by atoms with E-state index in [0.29, 0.717) is 23.7 Å². The number of rotatable bonds is 5. The molecule has 3 aromatic rings. The summed E-state index contributed by atoms with van der Waals surface area (Å²) < 4.78 is 1.68. The van der Waals surface area contributed by atoms with Crippen molar-refractivity contribution in [2.45, 2.75) is 25.8 Å². The minimum atomic E-state index is -0.220. The molecule has 1 N–H and O–H groups in total. The van der Waals surface area contributed by atoms with E-state index < -0.39 is 0 Å². The zero-order chi connectivity index (χ0) is 21.8. The molecule has 2 amide bonds. The average Bonchev–Trinajstić information content (AvgIpc) is 3.34. The van der Waals surface area contributed by atoms with Crippen LogP contribution in [-0.2, 0) is 4.79 Å². The molecule has 0 saturated carbocycles. The Morgan fingerprint density at radius 2 is 1.87 bits per heavy atom. The Kier molecular flexibility index (Phi) is 6.32. The third kappa shape index (κ3) is 4.94. The summed E-state index contributed by atoms with van der Waals surface area (Å²) >= 11 is 5.92. The van der Waals surface area contributed by atoms with Gasteiger partial charge in [0.1, 0.15) is 12.7 Å². The van der Waals surface area contributed by atoms with Gasteiger partial charge in [-0.3, -0.25) is 9.59 Å². The van der Waals surface area contributed by atoms with Crippen LogP contribution in [0.5, 0.6) is 0 Å². The number of halogens is 1. The second-order valence-electron chi connectivity index (χ2n) is 7.76. The molecule has 2 atom stereocenters. The van der Waals surface area contributed by atoms with Gasteiger partial charge in [-0.05, 0) is 61.7 Å². The van der Waals surface area contributed by atoms with Crippen LogP contribution in [0.15, 0.2) is 61.2 Å². The van der Waals surface area contributed by atoms with Gasteiger partial charge in [-0.15, -0.1) is 0 Å². The molecule has 1 aliphatic heterocycles. The first-order valence-corrected chi connectivity index (χ1v) is 10.7. The van der Waals surface area contributed by atoms with Crippen LogP contribution in [0, 0.1) is 5.92 Å². The Morgan fingerprint density at radius 3 is 2.55 bits per heavy atom. The minimum absolute atomic E-state index is 0.0264. The summed E-state index contributed by atoms with van der Waals surface area (Å²) in [5, 5.41) is 7.81. The number of amides is 2. The van der Waals surface area contributed by atoms with E-state index >= 15 is 0 Å². The minimum Gasteiger partial charge on any atom is -0.349 e. The smallest absolute Gasteiger partial charge is 0.253 e. The van der Waals surface area contributed by atoms with Crippen molar-refractivity contribution < 1.29 is 9.59 Å². The molecule has 4 rings (SSSR count). The number of likely N-dealkylation sites (tertiary alicyclic amines) is 1.